The molecular formula is C22H35ClN2O4S. The number of halogens is 1. The third-order valence-corrected chi connectivity index (χ3v) is 6.16. The predicted molar refractivity (Wildman–Crippen MR) is 125 cm³/mol. The van der Waals surface area contributed by atoms with E-state index < -0.39 is 0 Å². The van der Waals surface area contributed by atoms with Gasteiger partial charge in [-0.05, 0) is 64.3 Å². The molecule has 1 saturated carbocycles. The highest BCUT2D eigenvalue weighted by Gasteiger charge is 2.21. The summed E-state index contributed by atoms with van der Waals surface area (Å²) >= 11 is 8.06. The molecule has 30 heavy (non-hydrogen) atoms. The quantitative estimate of drug-likeness (QED) is 0.229. The molecule has 0 aromatic heterocycles. The van der Waals surface area contributed by atoms with Gasteiger partial charge in [0.25, 0.3) is 0 Å². The number of ether oxygens (including phenoxy) is 2. The molecule has 1 aliphatic rings. The van der Waals surface area contributed by atoms with Gasteiger partial charge < -0.3 is 19.9 Å². The number of hydrogen-bond acceptors (Lipinski definition) is 6. The zero-order valence-corrected chi connectivity index (χ0v) is 20.0. The van der Waals surface area contributed by atoms with Crippen LogP contribution < -0.4 is 10.1 Å². The molecule has 0 radical (unpaired) electrons. The standard InChI is InChI=1S/C17H24ClNO2S.C5H11NO2/c1-4-20-11-22-17-14(19-3)9-10-15(16(17)18)21-13-7-5-12(2)6-8-13;1-4(3-7)6-5(2)8/h9-10,12-13H,3-8,11H2,1-2H3;4,7H,3H2,1-2H3,(H,6,8). The minimum absolute atomic E-state index is 0.000417. The van der Waals surface area contributed by atoms with Gasteiger partial charge >= 0.3 is 0 Å². The fourth-order valence-electron chi connectivity index (χ4n) is 2.98. The summed E-state index contributed by atoms with van der Waals surface area (Å²) < 4.78 is 11.5. The van der Waals surface area contributed by atoms with Crippen molar-refractivity contribution in [3.8, 4) is 5.75 Å². The normalized spacial score (nSPS) is 19.3. The van der Waals surface area contributed by atoms with Crippen LogP contribution in [-0.2, 0) is 9.53 Å². The summed E-state index contributed by atoms with van der Waals surface area (Å²) in [7, 11) is 0. The highest BCUT2D eigenvalue weighted by Crippen LogP contribution is 2.42. The van der Waals surface area contributed by atoms with Crippen LogP contribution in [0.25, 0.3) is 0 Å². The summed E-state index contributed by atoms with van der Waals surface area (Å²) in [6.45, 7) is 11.7. The van der Waals surface area contributed by atoms with Crippen LogP contribution in [0.15, 0.2) is 22.0 Å². The molecule has 1 unspecified atom stereocenters. The number of aliphatic imine (C=N–C) groups is 1. The molecule has 2 N–H and O–H groups in total. The smallest absolute Gasteiger partial charge is 0.217 e. The van der Waals surface area contributed by atoms with Crippen molar-refractivity contribution >= 4 is 41.7 Å². The van der Waals surface area contributed by atoms with Gasteiger partial charge in [-0.25, -0.2) is 0 Å². The van der Waals surface area contributed by atoms with Crippen LogP contribution in [0.2, 0.25) is 5.02 Å². The van der Waals surface area contributed by atoms with Crippen molar-refractivity contribution < 1.29 is 19.4 Å². The monoisotopic (exact) mass is 458 g/mol. The van der Waals surface area contributed by atoms with Crippen molar-refractivity contribution in [1.29, 1.82) is 0 Å². The Morgan fingerprint density at radius 2 is 2.07 bits per heavy atom. The molecule has 0 spiro atoms. The molecule has 1 atom stereocenters. The molecule has 6 nitrogen and oxygen atoms in total. The zero-order chi connectivity index (χ0) is 22.5. The minimum Gasteiger partial charge on any atom is -0.489 e. The molecule has 1 fully saturated rings. The van der Waals surface area contributed by atoms with Gasteiger partial charge in [0.1, 0.15) is 5.75 Å². The summed E-state index contributed by atoms with van der Waals surface area (Å²) in [6.07, 6.45) is 4.91. The molecule has 1 aliphatic carbocycles. The van der Waals surface area contributed by atoms with Crippen LogP contribution in [0.4, 0.5) is 5.69 Å². The van der Waals surface area contributed by atoms with Gasteiger partial charge in [-0.15, -0.1) is 0 Å². The Balaban J connectivity index is 0.000000479. The number of amides is 1. The van der Waals surface area contributed by atoms with Gasteiger partial charge in [0.2, 0.25) is 5.91 Å². The number of benzene rings is 1. The van der Waals surface area contributed by atoms with Crippen molar-refractivity contribution in [3.05, 3.63) is 17.2 Å². The predicted octanol–water partition coefficient (Wildman–Crippen LogP) is 5.22. The first-order valence-electron chi connectivity index (χ1n) is 10.4. The van der Waals surface area contributed by atoms with E-state index in [1.165, 1.54) is 31.5 Å². The third-order valence-electron chi connectivity index (χ3n) is 4.68. The van der Waals surface area contributed by atoms with E-state index in [2.05, 4.69) is 24.0 Å². The lowest BCUT2D eigenvalue weighted by Gasteiger charge is -2.27. The summed E-state index contributed by atoms with van der Waals surface area (Å²) in [5, 5.41) is 11.5. The molecule has 170 valence electrons. The van der Waals surface area contributed by atoms with Crippen LogP contribution in [0.5, 0.6) is 5.75 Å². The average molecular weight is 459 g/mol. The minimum atomic E-state index is -0.118. The first-order valence-corrected chi connectivity index (χ1v) is 11.7. The van der Waals surface area contributed by atoms with Crippen molar-refractivity contribution in [2.75, 3.05) is 19.2 Å². The van der Waals surface area contributed by atoms with E-state index in [4.69, 9.17) is 26.2 Å². The van der Waals surface area contributed by atoms with Crippen LogP contribution in [0, 0.1) is 5.92 Å². The van der Waals surface area contributed by atoms with Gasteiger partial charge in [0.15, 0.2) is 0 Å². The van der Waals surface area contributed by atoms with E-state index in [9.17, 15) is 4.79 Å². The zero-order valence-electron chi connectivity index (χ0n) is 18.4. The second-order valence-corrected chi connectivity index (χ2v) is 8.73. The third kappa shape index (κ3) is 9.69. The van der Waals surface area contributed by atoms with Crippen LogP contribution in [0.1, 0.15) is 53.4 Å². The van der Waals surface area contributed by atoms with Gasteiger partial charge in [-0.3, -0.25) is 9.79 Å². The molecule has 0 heterocycles. The Bertz CT molecular complexity index is 667. The summed E-state index contributed by atoms with van der Waals surface area (Å²) in [5.74, 6) is 1.99. The Kier molecular flexibility index (Phi) is 13.1. The molecule has 0 saturated heterocycles. The van der Waals surface area contributed by atoms with Crippen molar-refractivity contribution in [2.24, 2.45) is 10.9 Å². The lowest BCUT2D eigenvalue weighted by atomic mass is 9.89. The number of carbonyl (C=O) groups is 1. The van der Waals surface area contributed by atoms with E-state index in [0.717, 1.165) is 35.1 Å². The highest BCUT2D eigenvalue weighted by atomic mass is 35.5. The van der Waals surface area contributed by atoms with Crippen LogP contribution in [-0.4, -0.2) is 49.0 Å². The van der Waals surface area contributed by atoms with E-state index >= 15 is 0 Å². The Labute approximate surface area is 189 Å². The second kappa shape index (κ2) is 14.7. The summed E-state index contributed by atoms with van der Waals surface area (Å²) in [5.41, 5.74) is 0.777. The summed E-state index contributed by atoms with van der Waals surface area (Å²) in [6, 6.07) is 3.69. The molecule has 1 amide bonds. The van der Waals surface area contributed by atoms with Gasteiger partial charge in [0, 0.05) is 19.6 Å². The maximum absolute atomic E-state index is 10.2. The van der Waals surface area contributed by atoms with Crippen molar-refractivity contribution in [1.82, 2.24) is 5.32 Å². The largest absolute Gasteiger partial charge is 0.489 e. The van der Waals surface area contributed by atoms with E-state index in [0.29, 0.717) is 17.6 Å². The van der Waals surface area contributed by atoms with Crippen LogP contribution in [0.3, 0.4) is 0 Å². The first-order chi connectivity index (χ1) is 14.3. The number of nitrogens with one attached hydrogen (secondary N) is 1. The number of carbonyl (C=O) groups excluding carboxylic acids is 1. The van der Waals surface area contributed by atoms with E-state index in [-0.39, 0.29) is 24.7 Å². The fourth-order valence-corrected chi connectivity index (χ4v) is 4.23. The lowest BCUT2D eigenvalue weighted by molar-refractivity contribution is -0.119. The summed E-state index contributed by atoms with van der Waals surface area (Å²) in [4.78, 5) is 15.1. The van der Waals surface area contributed by atoms with Crippen molar-refractivity contribution in [2.45, 2.75) is 70.4 Å². The molecule has 2 rings (SSSR count). The van der Waals surface area contributed by atoms with E-state index in [1.807, 2.05) is 19.1 Å². The van der Waals surface area contributed by atoms with Crippen LogP contribution >= 0.6 is 23.4 Å². The lowest BCUT2D eigenvalue weighted by Crippen LogP contribution is -2.32. The van der Waals surface area contributed by atoms with E-state index in [1.54, 1.807) is 6.92 Å². The maximum atomic E-state index is 10.2. The first kappa shape index (κ1) is 26.8. The molecular weight excluding hydrogens is 424 g/mol. The number of thioether (sulfide) groups is 1. The number of rotatable bonds is 9. The fraction of sp³-hybridized carbons (Fsp3) is 0.636. The van der Waals surface area contributed by atoms with Crippen molar-refractivity contribution in [3.63, 3.8) is 0 Å². The van der Waals surface area contributed by atoms with Gasteiger partial charge in [-0.2, -0.15) is 0 Å². The molecule has 8 heteroatoms. The SMILES string of the molecule is C=Nc1ccc(OC2CCC(C)CC2)c(Cl)c1SCOCC.CC(=O)NC(C)CO. The number of nitrogens with zero attached hydrogens (tertiary/aromatic N) is 1. The second-order valence-electron chi connectivity index (χ2n) is 7.42. The number of aliphatic hydroxyl groups excluding tert-OH is 1. The molecule has 0 bridgehead atoms. The Morgan fingerprint density at radius 3 is 2.57 bits per heavy atom. The topological polar surface area (TPSA) is 80.2 Å². The molecule has 0 aliphatic heterocycles. The average Bonchev–Trinajstić information content (AvgIpc) is 2.72. The molecule has 1 aromatic rings. The van der Waals surface area contributed by atoms with Gasteiger partial charge in [0.05, 0.1) is 34.3 Å². The maximum Gasteiger partial charge on any atom is 0.217 e. The Hall–Kier alpha value is -1.28. The highest BCUT2D eigenvalue weighted by molar-refractivity contribution is 7.99. The Morgan fingerprint density at radius 1 is 1.40 bits per heavy atom. The number of hydrogen-bond donors (Lipinski definition) is 2. The van der Waals surface area contributed by atoms with Gasteiger partial charge in [-0.1, -0.05) is 30.3 Å². The number of aliphatic hydroxyl groups is 1. The molecule has 1 aromatic carbocycles.